The topological polar surface area (TPSA) is 60.7 Å². The summed E-state index contributed by atoms with van der Waals surface area (Å²) in [6, 6.07) is 20.8. The van der Waals surface area contributed by atoms with Crippen molar-refractivity contribution in [3.63, 3.8) is 0 Å². The Morgan fingerprint density at radius 1 is 0.786 bits per heavy atom. The number of benzene rings is 3. The molecule has 3 unspecified atom stereocenters. The van der Waals surface area contributed by atoms with E-state index in [1.165, 1.54) is 22.3 Å². The molecule has 1 aliphatic carbocycles. The van der Waals surface area contributed by atoms with Crippen molar-refractivity contribution in [3.8, 4) is 17.2 Å². The van der Waals surface area contributed by atoms with Crippen LogP contribution >= 0.6 is 0 Å². The second kappa shape index (κ2) is 7.59. The van der Waals surface area contributed by atoms with Crippen LogP contribution in [0.5, 0.6) is 17.2 Å². The Hall–Kier alpha value is -2.94. The molecule has 4 rings (SSSR count). The van der Waals surface area contributed by atoms with Gasteiger partial charge in [-0.1, -0.05) is 43.7 Å². The van der Waals surface area contributed by atoms with E-state index in [4.69, 9.17) is 0 Å². The van der Waals surface area contributed by atoms with Crippen LogP contribution in [0, 0.1) is 5.92 Å². The quantitative estimate of drug-likeness (QED) is 0.565. The fourth-order valence-electron chi connectivity index (χ4n) is 4.82. The molecule has 144 valence electrons. The van der Waals surface area contributed by atoms with Crippen LogP contribution in [0.25, 0.3) is 0 Å². The second-order valence-corrected chi connectivity index (χ2v) is 7.83. The highest BCUT2D eigenvalue weighted by Crippen LogP contribution is 2.48. The van der Waals surface area contributed by atoms with Crippen molar-refractivity contribution < 1.29 is 15.3 Å². The molecule has 3 atom stereocenters. The highest BCUT2D eigenvalue weighted by atomic mass is 16.3. The minimum absolute atomic E-state index is 0.277. The van der Waals surface area contributed by atoms with E-state index in [9.17, 15) is 15.3 Å². The van der Waals surface area contributed by atoms with Crippen molar-refractivity contribution in [1.29, 1.82) is 0 Å². The molecule has 3 aromatic carbocycles. The molecule has 1 aliphatic rings. The zero-order chi connectivity index (χ0) is 19.7. The van der Waals surface area contributed by atoms with E-state index in [1.807, 2.05) is 36.4 Å². The molecule has 28 heavy (non-hydrogen) atoms. The SMILES string of the molecule is CCC1C(c2ccc(O)cc2)Cc2ccc(O)cc2C1Cc1ccc(O)cc1. The van der Waals surface area contributed by atoms with E-state index < -0.39 is 0 Å². The van der Waals surface area contributed by atoms with Gasteiger partial charge in [0.1, 0.15) is 17.2 Å². The van der Waals surface area contributed by atoms with Gasteiger partial charge in [-0.25, -0.2) is 0 Å². The van der Waals surface area contributed by atoms with Crippen molar-refractivity contribution in [1.82, 2.24) is 0 Å². The number of hydrogen-bond acceptors (Lipinski definition) is 3. The minimum Gasteiger partial charge on any atom is -0.508 e. The Morgan fingerprint density at radius 2 is 1.39 bits per heavy atom. The van der Waals surface area contributed by atoms with Crippen LogP contribution in [0.3, 0.4) is 0 Å². The maximum atomic E-state index is 10.1. The van der Waals surface area contributed by atoms with Crippen LogP contribution in [0.2, 0.25) is 0 Å². The third kappa shape index (κ3) is 3.57. The van der Waals surface area contributed by atoms with Gasteiger partial charge in [0.25, 0.3) is 0 Å². The van der Waals surface area contributed by atoms with Gasteiger partial charge >= 0.3 is 0 Å². The van der Waals surface area contributed by atoms with Crippen LogP contribution in [0.1, 0.15) is 47.4 Å². The molecule has 3 aromatic rings. The average Bonchev–Trinajstić information content (AvgIpc) is 2.70. The van der Waals surface area contributed by atoms with Crippen molar-refractivity contribution >= 4 is 0 Å². The Kier molecular flexibility index (Phi) is 4.99. The molecule has 0 saturated heterocycles. The summed E-state index contributed by atoms with van der Waals surface area (Å²) in [6.45, 7) is 2.23. The predicted molar refractivity (Wildman–Crippen MR) is 111 cm³/mol. The molecule has 3 heteroatoms. The van der Waals surface area contributed by atoms with Gasteiger partial charge in [0.15, 0.2) is 0 Å². The lowest BCUT2D eigenvalue weighted by molar-refractivity contribution is 0.310. The van der Waals surface area contributed by atoms with Crippen LogP contribution in [0.4, 0.5) is 0 Å². The monoisotopic (exact) mass is 374 g/mol. The number of phenols is 3. The molecule has 0 aromatic heterocycles. The van der Waals surface area contributed by atoms with E-state index in [-0.39, 0.29) is 11.7 Å². The number of fused-ring (bicyclic) bond motifs is 1. The molecule has 0 spiro atoms. The normalized spacial score (nSPS) is 21.2. The van der Waals surface area contributed by atoms with Gasteiger partial charge in [0.05, 0.1) is 0 Å². The summed E-state index contributed by atoms with van der Waals surface area (Å²) in [5.41, 5.74) is 4.94. The van der Waals surface area contributed by atoms with Gasteiger partial charge in [-0.05, 0) is 89.2 Å². The number of hydrogen-bond donors (Lipinski definition) is 3. The van der Waals surface area contributed by atoms with Crippen molar-refractivity contribution in [2.45, 2.75) is 38.0 Å². The van der Waals surface area contributed by atoms with Gasteiger partial charge in [-0.3, -0.25) is 0 Å². The van der Waals surface area contributed by atoms with Gasteiger partial charge < -0.3 is 15.3 Å². The lowest BCUT2D eigenvalue weighted by Crippen LogP contribution is -2.29. The fourth-order valence-corrected chi connectivity index (χ4v) is 4.82. The first kappa shape index (κ1) is 18.4. The summed E-state index contributed by atoms with van der Waals surface area (Å²) in [7, 11) is 0. The summed E-state index contributed by atoms with van der Waals surface area (Å²) in [5, 5.41) is 29.4. The number of rotatable bonds is 4. The molecule has 0 amide bonds. The predicted octanol–water partition coefficient (Wildman–Crippen LogP) is 5.50. The minimum atomic E-state index is 0.277. The van der Waals surface area contributed by atoms with Crippen LogP contribution in [0.15, 0.2) is 66.7 Å². The van der Waals surface area contributed by atoms with E-state index in [1.54, 1.807) is 30.3 Å². The highest BCUT2D eigenvalue weighted by molar-refractivity contribution is 5.44. The molecule has 3 N–H and O–H groups in total. The maximum absolute atomic E-state index is 10.1. The molecule has 3 nitrogen and oxygen atoms in total. The number of phenolic OH excluding ortho intramolecular Hbond substituents is 3. The molecule has 0 radical (unpaired) electrons. The van der Waals surface area contributed by atoms with Crippen molar-refractivity contribution in [2.24, 2.45) is 5.92 Å². The summed E-state index contributed by atoms with van der Waals surface area (Å²) in [6.07, 6.45) is 2.83. The zero-order valence-corrected chi connectivity index (χ0v) is 16.0. The maximum Gasteiger partial charge on any atom is 0.115 e. The summed E-state index contributed by atoms with van der Waals surface area (Å²) in [5.74, 6) is 1.95. The van der Waals surface area contributed by atoms with Gasteiger partial charge in [-0.2, -0.15) is 0 Å². The zero-order valence-electron chi connectivity index (χ0n) is 16.0. The molecule has 0 saturated carbocycles. The van der Waals surface area contributed by atoms with E-state index in [0.29, 0.717) is 23.3 Å². The van der Waals surface area contributed by atoms with Crippen LogP contribution < -0.4 is 0 Å². The Balaban J connectivity index is 1.76. The van der Waals surface area contributed by atoms with Crippen molar-refractivity contribution in [2.75, 3.05) is 0 Å². The van der Waals surface area contributed by atoms with Crippen molar-refractivity contribution in [3.05, 3.63) is 89.0 Å². The first-order valence-corrected chi connectivity index (χ1v) is 9.93. The molecule has 0 bridgehead atoms. The fraction of sp³-hybridized carbons (Fsp3) is 0.280. The number of aromatic hydroxyl groups is 3. The first-order chi connectivity index (χ1) is 13.5. The third-order valence-corrected chi connectivity index (χ3v) is 6.19. The van der Waals surface area contributed by atoms with Gasteiger partial charge in [-0.15, -0.1) is 0 Å². The largest absolute Gasteiger partial charge is 0.508 e. The Labute approximate surface area is 165 Å². The molecule has 0 fully saturated rings. The smallest absolute Gasteiger partial charge is 0.115 e. The first-order valence-electron chi connectivity index (χ1n) is 9.93. The average molecular weight is 374 g/mol. The van der Waals surface area contributed by atoms with E-state index >= 15 is 0 Å². The Morgan fingerprint density at radius 3 is 2.04 bits per heavy atom. The van der Waals surface area contributed by atoms with Crippen LogP contribution in [-0.2, 0) is 12.8 Å². The Bertz CT molecular complexity index is 945. The molecular weight excluding hydrogens is 348 g/mol. The van der Waals surface area contributed by atoms with E-state index in [0.717, 1.165) is 19.3 Å². The summed E-state index contributed by atoms with van der Waals surface area (Å²) < 4.78 is 0. The van der Waals surface area contributed by atoms with E-state index in [2.05, 4.69) is 6.92 Å². The second-order valence-electron chi connectivity index (χ2n) is 7.83. The lowest BCUT2D eigenvalue weighted by atomic mass is 9.64. The molecular formula is C25H26O3. The summed E-state index contributed by atoms with van der Waals surface area (Å²) in [4.78, 5) is 0. The molecule has 0 heterocycles. The van der Waals surface area contributed by atoms with Crippen LogP contribution in [-0.4, -0.2) is 15.3 Å². The summed E-state index contributed by atoms with van der Waals surface area (Å²) >= 11 is 0. The van der Waals surface area contributed by atoms with Gasteiger partial charge in [0, 0.05) is 0 Å². The molecule has 0 aliphatic heterocycles. The highest BCUT2D eigenvalue weighted by Gasteiger charge is 2.36. The standard InChI is InChI=1S/C25H26O3/c1-2-22-23(17-5-10-20(27)11-6-17)14-18-7-12-21(28)15-24(18)25(22)13-16-3-8-19(26)9-4-16/h3-12,15,22-23,25-28H,2,13-14H2,1H3. The lowest BCUT2D eigenvalue weighted by Gasteiger charge is -2.40. The third-order valence-electron chi connectivity index (χ3n) is 6.19. The van der Waals surface area contributed by atoms with Gasteiger partial charge in [0.2, 0.25) is 0 Å².